The van der Waals surface area contributed by atoms with Crippen molar-refractivity contribution in [2.75, 3.05) is 4.90 Å². The van der Waals surface area contributed by atoms with Gasteiger partial charge in [0.05, 0.1) is 16.7 Å². The molecule has 2 nitrogen and oxygen atoms in total. The summed E-state index contributed by atoms with van der Waals surface area (Å²) in [4.78, 5) is 2.45. The van der Waals surface area contributed by atoms with Crippen molar-refractivity contribution in [2.45, 2.75) is 0 Å². The Labute approximate surface area is 373 Å². The molecule has 0 saturated carbocycles. The number of benzene rings is 11. The van der Waals surface area contributed by atoms with Crippen LogP contribution in [-0.2, 0) is 0 Å². The van der Waals surface area contributed by atoms with E-state index in [0.717, 1.165) is 28.3 Å². The quantitative estimate of drug-likeness (QED) is 0.139. The first-order valence-corrected chi connectivity index (χ1v) is 22.0. The largest absolute Gasteiger partial charge is 0.310 e. The first-order valence-electron chi connectivity index (χ1n) is 22.0. The van der Waals surface area contributed by atoms with Crippen LogP contribution in [0.3, 0.4) is 0 Å². The van der Waals surface area contributed by atoms with Crippen molar-refractivity contribution in [1.29, 1.82) is 0 Å². The molecule has 2 heteroatoms. The fourth-order valence-corrected chi connectivity index (χ4v) is 9.90. The number of fused-ring (bicyclic) bond motifs is 6. The molecule has 0 amide bonds. The smallest absolute Gasteiger partial charge is 0.0542 e. The van der Waals surface area contributed by atoms with E-state index in [2.05, 4.69) is 264 Å². The van der Waals surface area contributed by atoms with E-state index in [1.807, 2.05) is 0 Å². The maximum atomic E-state index is 2.45. The first-order chi connectivity index (χ1) is 31.8. The molecule has 0 spiro atoms. The van der Waals surface area contributed by atoms with Crippen LogP contribution in [0.2, 0.25) is 0 Å². The van der Waals surface area contributed by atoms with Crippen molar-refractivity contribution in [3.63, 3.8) is 0 Å². The van der Waals surface area contributed by atoms with Crippen LogP contribution in [0.25, 0.3) is 93.5 Å². The molecule has 0 fully saturated rings. The Morgan fingerprint density at radius 1 is 0.266 bits per heavy atom. The predicted octanol–water partition coefficient (Wildman–Crippen LogP) is 17.2. The highest BCUT2D eigenvalue weighted by Crippen LogP contribution is 2.47. The lowest BCUT2D eigenvalue weighted by molar-refractivity contribution is 1.18. The lowest BCUT2D eigenvalue weighted by Crippen LogP contribution is -2.11. The average Bonchev–Trinajstić information content (AvgIpc) is 3.71. The maximum absolute atomic E-state index is 2.45. The maximum Gasteiger partial charge on any atom is 0.0542 e. The van der Waals surface area contributed by atoms with Gasteiger partial charge in [-0.05, 0) is 121 Å². The van der Waals surface area contributed by atoms with Gasteiger partial charge in [-0.25, -0.2) is 0 Å². The number of anilines is 3. The minimum atomic E-state index is 1.08. The number of hydrogen-bond acceptors (Lipinski definition) is 1. The van der Waals surface area contributed by atoms with Crippen molar-refractivity contribution < 1.29 is 0 Å². The minimum absolute atomic E-state index is 1.08. The van der Waals surface area contributed by atoms with Crippen LogP contribution in [-0.4, -0.2) is 4.57 Å². The van der Waals surface area contributed by atoms with Crippen LogP contribution >= 0.6 is 0 Å². The Morgan fingerprint density at radius 2 is 0.766 bits per heavy atom. The lowest BCUT2D eigenvalue weighted by atomic mass is 9.88. The summed E-state index contributed by atoms with van der Waals surface area (Å²) in [5.41, 5.74) is 16.3. The molecule has 0 N–H and O–H groups in total. The highest BCUT2D eigenvalue weighted by Gasteiger charge is 2.22. The summed E-state index contributed by atoms with van der Waals surface area (Å²) in [6, 6.07) is 92.7. The van der Waals surface area contributed by atoms with Crippen molar-refractivity contribution in [3.8, 4) is 50.2 Å². The summed E-state index contributed by atoms with van der Waals surface area (Å²) in [5.74, 6) is 0. The molecule has 0 aliphatic heterocycles. The van der Waals surface area contributed by atoms with Gasteiger partial charge in [-0.3, -0.25) is 0 Å². The second-order valence-electron chi connectivity index (χ2n) is 16.4. The van der Waals surface area contributed by atoms with E-state index in [4.69, 9.17) is 0 Å². The topological polar surface area (TPSA) is 8.17 Å². The molecule has 1 heterocycles. The fourth-order valence-electron chi connectivity index (χ4n) is 9.90. The van der Waals surface area contributed by atoms with Crippen molar-refractivity contribution in [3.05, 3.63) is 255 Å². The molecule has 1 aromatic heterocycles. The molecule has 0 bridgehead atoms. The Morgan fingerprint density at radius 3 is 1.52 bits per heavy atom. The van der Waals surface area contributed by atoms with Gasteiger partial charge in [-0.15, -0.1) is 0 Å². The molecule has 12 rings (SSSR count). The molecule has 0 radical (unpaired) electrons. The molecular formula is C62H42N2. The summed E-state index contributed by atoms with van der Waals surface area (Å²) < 4.78 is 2.38. The van der Waals surface area contributed by atoms with E-state index in [-0.39, 0.29) is 0 Å². The van der Waals surface area contributed by atoms with Crippen LogP contribution in [0.5, 0.6) is 0 Å². The molecule has 0 atom stereocenters. The summed E-state index contributed by atoms with van der Waals surface area (Å²) in [5, 5.41) is 7.46. The molecule has 300 valence electrons. The number of hydrogen-bond donors (Lipinski definition) is 0. The van der Waals surface area contributed by atoms with Gasteiger partial charge in [0.15, 0.2) is 0 Å². The van der Waals surface area contributed by atoms with Crippen LogP contribution in [0.1, 0.15) is 0 Å². The Hall–Kier alpha value is -8.46. The second kappa shape index (κ2) is 15.8. The van der Waals surface area contributed by atoms with E-state index in [9.17, 15) is 0 Å². The van der Waals surface area contributed by atoms with Crippen molar-refractivity contribution >= 4 is 60.4 Å². The standard InChI is InChI=1S/C62H42N2/c1-3-19-43(20-4-1)49-24-9-10-26-51(49)53-28-12-13-29-54(53)56-31-15-17-33-60(56)63(48-39-40-62-59(42-48)57-32-16-18-34-61(57)64(62)46-22-5-2-6-23-46)47-37-35-44(36-38-47)58-41-45-21-7-8-25-50(45)52-27-11-14-30-55(52)58/h1-42H. The zero-order valence-corrected chi connectivity index (χ0v) is 35.1. The van der Waals surface area contributed by atoms with Gasteiger partial charge in [0, 0.05) is 33.4 Å². The SMILES string of the molecule is c1ccc(-c2ccccc2-c2ccccc2-c2ccccc2N(c2ccc(-c3cc4ccccc4c4ccccc34)cc2)c2ccc3c(c2)c2ccccc2n3-c2ccccc2)cc1. The third-order valence-electron chi connectivity index (χ3n) is 12.8. The van der Waals surface area contributed by atoms with Gasteiger partial charge in [0.1, 0.15) is 0 Å². The van der Waals surface area contributed by atoms with E-state index < -0.39 is 0 Å². The number of aromatic nitrogens is 1. The zero-order valence-electron chi connectivity index (χ0n) is 35.1. The van der Waals surface area contributed by atoms with Gasteiger partial charge >= 0.3 is 0 Å². The van der Waals surface area contributed by atoms with Crippen LogP contribution in [0, 0.1) is 0 Å². The molecule has 0 aliphatic carbocycles. The molecule has 12 aromatic rings. The molecule has 11 aromatic carbocycles. The average molecular weight is 815 g/mol. The second-order valence-corrected chi connectivity index (χ2v) is 16.4. The van der Waals surface area contributed by atoms with E-state index >= 15 is 0 Å². The Bertz CT molecular complexity index is 3660. The third kappa shape index (κ3) is 6.35. The van der Waals surface area contributed by atoms with Crippen molar-refractivity contribution in [1.82, 2.24) is 4.57 Å². The lowest BCUT2D eigenvalue weighted by Gasteiger charge is -2.29. The van der Waals surface area contributed by atoms with E-state index in [0.29, 0.717) is 0 Å². The van der Waals surface area contributed by atoms with Crippen molar-refractivity contribution in [2.24, 2.45) is 0 Å². The first kappa shape index (κ1) is 37.3. The monoisotopic (exact) mass is 814 g/mol. The molecule has 0 unspecified atom stereocenters. The minimum Gasteiger partial charge on any atom is -0.310 e. The number of para-hydroxylation sites is 3. The fraction of sp³-hybridized carbons (Fsp3) is 0. The summed E-state index contributed by atoms with van der Waals surface area (Å²) >= 11 is 0. The van der Waals surface area contributed by atoms with Gasteiger partial charge in [-0.1, -0.05) is 194 Å². The zero-order chi connectivity index (χ0) is 42.4. The van der Waals surface area contributed by atoms with Gasteiger partial charge < -0.3 is 9.47 Å². The predicted molar refractivity (Wildman–Crippen MR) is 272 cm³/mol. The molecule has 64 heavy (non-hydrogen) atoms. The van der Waals surface area contributed by atoms with Gasteiger partial charge in [-0.2, -0.15) is 0 Å². The van der Waals surface area contributed by atoms with E-state index in [1.54, 1.807) is 0 Å². The summed E-state index contributed by atoms with van der Waals surface area (Å²) in [6.07, 6.45) is 0. The Balaban J connectivity index is 1.07. The molecule has 0 aliphatic rings. The number of rotatable bonds is 8. The molecular weight excluding hydrogens is 773 g/mol. The van der Waals surface area contributed by atoms with E-state index in [1.165, 1.54) is 82.3 Å². The molecule has 0 saturated heterocycles. The highest BCUT2D eigenvalue weighted by atomic mass is 15.1. The number of nitrogens with zero attached hydrogens (tertiary/aromatic N) is 2. The van der Waals surface area contributed by atoms with Crippen LogP contribution in [0.15, 0.2) is 255 Å². The van der Waals surface area contributed by atoms with Gasteiger partial charge in [0.25, 0.3) is 0 Å². The highest BCUT2D eigenvalue weighted by molar-refractivity contribution is 6.14. The van der Waals surface area contributed by atoms with Crippen LogP contribution < -0.4 is 4.90 Å². The Kier molecular flexibility index (Phi) is 9.20. The summed E-state index contributed by atoms with van der Waals surface area (Å²) in [6.45, 7) is 0. The third-order valence-corrected chi connectivity index (χ3v) is 12.8. The van der Waals surface area contributed by atoms with Crippen LogP contribution in [0.4, 0.5) is 17.1 Å². The summed E-state index contributed by atoms with van der Waals surface area (Å²) in [7, 11) is 0. The van der Waals surface area contributed by atoms with Gasteiger partial charge in [0.2, 0.25) is 0 Å². The normalized spacial score (nSPS) is 11.4.